The molecule has 1 aliphatic heterocycles. The molecule has 2 rings (SSSR count). The lowest BCUT2D eigenvalue weighted by Gasteiger charge is -2.26. The van der Waals surface area contributed by atoms with E-state index in [0.717, 1.165) is 6.42 Å². The van der Waals surface area contributed by atoms with Gasteiger partial charge in [0, 0.05) is 12.8 Å². The highest BCUT2D eigenvalue weighted by atomic mass is 31.1. The molecular weight excluding hydrogens is 571 g/mol. The normalized spacial score (nSPS) is 16.7. The molecule has 0 radical (unpaired) electrons. The predicted octanol–water partition coefficient (Wildman–Crippen LogP) is -0.144. The number of nitrogens with two attached hydrogens (primary N) is 2. The number of carbonyl (C=O) groups is 1. The van der Waals surface area contributed by atoms with E-state index < -0.39 is 20.6 Å². The zero-order chi connectivity index (χ0) is 30.4. The Morgan fingerprint density at radius 1 is 1.38 bits per heavy atom. The number of anilines is 1. The molecule has 0 aromatic carbocycles. The van der Waals surface area contributed by atoms with Crippen molar-refractivity contribution in [3.8, 4) is 11.8 Å². The Labute approximate surface area is 235 Å². The monoisotopic (exact) mass is 613 g/mol. The Bertz CT molecular complexity index is 957. The van der Waals surface area contributed by atoms with Crippen LogP contribution in [0.1, 0.15) is 58.2 Å². The molecule has 5 atom stereocenters. The molecule has 1 aromatic rings. The minimum absolute atomic E-state index is 0.0267. The summed E-state index contributed by atoms with van der Waals surface area (Å²) in [6.45, 7) is 6.62. The number of ether oxygens (including phenoxy) is 2. The summed E-state index contributed by atoms with van der Waals surface area (Å²) in [6, 6.07) is 0. The van der Waals surface area contributed by atoms with Crippen molar-refractivity contribution in [1.29, 1.82) is 0 Å². The van der Waals surface area contributed by atoms with Gasteiger partial charge in [-0.3, -0.25) is 9.36 Å². The van der Waals surface area contributed by atoms with E-state index in [1.165, 1.54) is 29.7 Å². The number of carbonyl (C=O) groups excluding carboxylic acids is 1. The van der Waals surface area contributed by atoms with Crippen LogP contribution in [0.15, 0.2) is 11.0 Å². The molecule has 39 heavy (non-hydrogen) atoms. The Morgan fingerprint density at radius 3 is 2.56 bits per heavy atom. The first-order valence-corrected chi connectivity index (χ1v) is 13.6. The van der Waals surface area contributed by atoms with Crippen LogP contribution in [0.2, 0.25) is 0 Å². The number of rotatable bonds is 10. The topological polar surface area (TPSA) is 232 Å². The van der Waals surface area contributed by atoms with Gasteiger partial charge >= 0.3 is 14.4 Å². The van der Waals surface area contributed by atoms with Crippen molar-refractivity contribution in [2.75, 3.05) is 32.0 Å². The summed E-state index contributed by atoms with van der Waals surface area (Å²) in [6.07, 6.45) is 3.60. The third kappa shape index (κ3) is 16.3. The van der Waals surface area contributed by atoms with Gasteiger partial charge in [0.25, 0.3) is 0 Å². The fraction of sp³-hybridized carbons (Fsp3) is 0.682. The largest absolute Gasteiger partial charge is 0.396 e. The van der Waals surface area contributed by atoms with Gasteiger partial charge in [-0.05, 0) is 65.0 Å². The summed E-state index contributed by atoms with van der Waals surface area (Å²) in [5.74, 6) is 5.21. The predicted molar refractivity (Wildman–Crippen MR) is 154 cm³/mol. The van der Waals surface area contributed by atoms with Crippen molar-refractivity contribution in [1.82, 2.24) is 14.9 Å². The molecule has 0 bridgehead atoms. The van der Waals surface area contributed by atoms with Crippen molar-refractivity contribution in [3.63, 3.8) is 0 Å². The molecule has 1 aromatic heterocycles. The zero-order valence-electron chi connectivity index (χ0n) is 22.4. The van der Waals surface area contributed by atoms with Crippen LogP contribution in [0, 0.1) is 17.8 Å². The SMILES string of the molecule is CC(COC(C)(C)CCN)C(=O)NCC#Cc1cn(C2CCC(CCO)O2)c(=O)nc1N.O=PO.OP.OP. The molecule has 9 N–H and O–H groups in total. The van der Waals surface area contributed by atoms with E-state index in [-0.39, 0.29) is 49.1 Å². The van der Waals surface area contributed by atoms with Crippen LogP contribution < -0.4 is 22.5 Å². The third-order valence-electron chi connectivity index (χ3n) is 5.32. The molecule has 0 saturated carbocycles. The van der Waals surface area contributed by atoms with Gasteiger partial charge in [-0.2, -0.15) is 4.98 Å². The summed E-state index contributed by atoms with van der Waals surface area (Å²) in [7, 11) is 2.00. The lowest BCUT2D eigenvalue weighted by atomic mass is 10.0. The quantitative estimate of drug-likeness (QED) is 0.135. The van der Waals surface area contributed by atoms with Crippen LogP contribution in [0.4, 0.5) is 5.82 Å². The summed E-state index contributed by atoms with van der Waals surface area (Å²) < 4.78 is 21.4. The number of hydrogen-bond donors (Lipinski definition) is 7. The number of aliphatic hydroxyl groups is 1. The molecule has 0 spiro atoms. The van der Waals surface area contributed by atoms with Crippen molar-refractivity contribution >= 4 is 39.3 Å². The maximum absolute atomic E-state index is 12.3. The molecule has 1 saturated heterocycles. The Balaban J connectivity index is 0. The Hall–Kier alpha value is -1.61. The second-order valence-electron chi connectivity index (χ2n) is 8.64. The molecule has 5 unspecified atom stereocenters. The van der Waals surface area contributed by atoms with E-state index in [1.54, 1.807) is 6.92 Å². The molecule has 14 nitrogen and oxygen atoms in total. The van der Waals surface area contributed by atoms with Gasteiger partial charge in [0.05, 0.1) is 36.3 Å². The number of aliphatic hydroxyl groups excluding tert-OH is 1. The highest BCUT2D eigenvalue weighted by Gasteiger charge is 2.27. The lowest BCUT2D eigenvalue weighted by Crippen LogP contribution is -2.36. The fourth-order valence-electron chi connectivity index (χ4n) is 3.32. The van der Waals surface area contributed by atoms with E-state index >= 15 is 0 Å². The van der Waals surface area contributed by atoms with Crippen LogP contribution in [0.25, 0.3) is 0 Å². The van der Waals surface area contributed by atoms with Crippen LogP contribution in [0.5, 0.6) is 0 Å². The smallest absolute Gasteiger partial charge is 0.351 e. The molecular formula is C22H42N5O9P3. The average Bonchev–Trinajstić information content (AvgIpc) is 3.37. The second-order valence-corrected chi connectivity index (χ2v) is 8.81. The van der Waals surface area contributed by atoms with E-state index in [1.807, 2.05) is 13.8 Å². The van der Waals surface area contributed by atoms with Gasteiger partial charge in [-0.25, -0.2) is 9.36 Å². The van der Waals surface area contributed by atoms with Crippen LogP contribution >= 0.6 is 27.6 Å². The minimum Gasteiger partial charge on any atom is -0.396 e. The first kappa shape index (κ1) is 39.5. The summed E-state index contributed by atoms with van der Waals surface area (Å²) >= 11 is 0. The lowest BCUT2D eigenvalue weighted by molar-refractivity contribution is -0.128. The maximum atomic E-state index is 12.3. The van der Waals surface area contributed by atoms with Gasteiger partial charge in [-0.15, -0.1) is 0 Å². The fourth-order valence-corrected chi connectivity index (χ4v) is 3.32. The van der Waals surface area contributed by atoms with Crippen molar-refractivity contribution < 1.29 is 38.6 Å². The van der Waals surface area contributed by atoms with Crippen LogP contribution in [-0.2, 0) is 18.8 Å². The minimum atomic E-state index is -0.833. The molecule has 1 amide bonds. The summed E-state index contributed by atoms with van der Waals surface area (Å²) in [5.41, 5.74) is 10.9. The van der Waals surface area contributed by atoms with Crippen molar-refractivity contribution in [2.24, 2.45) is 11.7 Å². The van der Waals surface area contributed by atoms with Crippen LogP contribution in [0.3, 0.4) is 0 Å². The molecule has 2 heterocycles. The van der Waals surface area contributed by atoms with Gasteiger partial charge in [-0.1, -0.05) is 18.8 Å². The number of nitrogens with zero attached hydrogens (tertiary/aromatic N) is 2. The van der Waals surface area contributed by atoms with Crippen molar-refractivity contribution in [2.45, 2.75) is 64.4 Å². The molecule has 0 aliphatic carbocycles. The van der Waals surface area contributed by atoms with Crippen LogP contribution in [-0.4, -0.2) is 73.3 Å². The highest BCUT2D eigenvalue weighted by Crippen LogP contribution is 2.29. The number of nitrogens with one attached hydrogen (secondary N) is 1. The summed E-state index contributed by atoms with van der Waals surface area (Å²) in [5, 5.41) is 11.8. The number of hydrogen-bond acceptors (Lipinski definition) is 11. The van der Waals surface area contributed by atoms with Gasteiger partial charge < -0.3 is 46.0 Å². The second kappa shape index (κ2) is 23.1. The van der Waals surface area contributed by atoms with Gasteiger partial charge in [0.15, 0.2) is 0 Å². The van der Waals surface area contributed by atoms with Crippen molar-refractivity contribution in [3.05, 3.63) is 22.2 Å². The number of aromatic nitrogens is 2. The van der Waals surface area contributed by atoms with Gasteiger partial charge in [0.1, 0.15) is 12.0 Å². The van der Waals surface area contributed by atoms with E-state index in [9.17, 15) is 9.59 Å². The maximum Gasteiger partial charge on any atom is 0.351 e. The van der Waals surface area contributed by atoms with Gasteiger partial charge in [0.2, 0.25) is 5.91 Å². The Morgan fingerprint density at radius 2 is 2.00 bits per heavy atom. The molecule has 224 valence electrons. The zero-order valence-corrected chi connectivity index (χ0v) is 25.7. The third-order valence-corrected chi connectivity index (χ3v) is 5.32. The van der Waals surface area contributed by atoms with E-state index in [2.05, 4.69) is 22.1 Å². The number of amides is 1. The highest BCUT2D eigenvalue weighted by molar-refractivity contribution is 7.16. The summed E-state index contributed by atoms with van der Waals surface area (Å²) in [4.78, 5) is 49.1. The standard InChI is InChI=1S/C22H35N5O5.HO2P.2H3OP/c1-15(14-31-22(2,3)9-10-23)20(29)25-11-4-5-16-13-27(21(30)26-19(16)24)18-7-6-17(32-18)8-12-28;1-3-2;2*1-2/h13,15,17-18,28H,6-12,14,23H2,1-3H3,(H,25,29)(H2,24,26,30);(H,1,2);2*1H,2H2. The first-order valence-electron chi connectivity index (χ1n) is 11.8. The average molecular weight is 614 g/mol. The van der Waals surface area contributed by atoms with E-state index in [0.29, 0.717) is 31.4 Å². The van der Waals surface area contributed by atoms with E-state index in [4.69, 9.17) is 45.3 Å². The first-order chi connectivity index (χ1) is 18.6. The Kier molecular flexibility index (Phi) is 23.4. The molecule has 1 aliphatic rings. The molecule has 1 fully saturated rings. The molecule has 17 heteroatoms. The number of nitrogen functional groups attached to an aromatic ring is 1.